The zero-order valence-corrected chi connectivity index (χ0v) is 17.3. The van der Waals surface area contributed by atoms with E-state index < -0.39 is 0 Å². The van der Waals surface area contributed by atoms with Crippen LogP contribution >= 0.6 is 0 Å². The summed E-state index contributed by atoms with van der Waals surface area (Å²) in [6.07, 6.45) is 14.8. The second-order valence-corrected chi connectivity index (χ2v) is 8.11. The number of rotatable bonds is 4. The third-order valence-corrected chi connectivity index (χ3v) is 6.06. The molecule has 5 heterocycles. The summed E-state index contributed by atoms with van der Waals surface area (Å²) in [4.78, 5) is 9.41. The third-order valence-electron chi connectivity index (χ3n) is 6.06. The van der Waals surface area contributed by atoms with E-state index in [4.69, 9.17) is 9.72 Å². The molecular weight excluding hydrogens is 390 g/mol. The zero-order valence-electron chi connectivity index (χ0n) is 17.3. The lowest BCUT2D eigenvalue weighted by Crippen LogP contribution is -2.28. The summed E-state index contributed by atoms with van der Waals surface area (Å²) in [6, 6.07) is 4.67. The molecule has 0 atom stereocenters. The van der Waals surface area contributed by atoms with Gasteiger partial charge in [-0.15, -0.1) is 0 Å². The molecule has 1 N–H and O–H groups in total. The highest BCUT2D eigenvalue weighted by atomic mass is 16.5. The van der Waals surface area contributed by atoms with E-state index in [0.29, 0.717) is 12.0 Å². The minimum Gasteiger partial charge on any atom is -0.381 e. The Morgan fingerprint density at radius 3 is 2.84 bits per heavy atom. The fourth-order valence-corrected chi connectivity index (χ4v) is 4.40. The number of allylic oxidation sites excluding steroid dienone is 1. The van der Waals surface area contributed by atoms with E-state index in [1.807, 2.05) is 47.2 Å². The van der Waals surface area contributed by atoms with Gasteiger partial charge in [-0.05, 0) is 36.1 Å². The number of nitrogens with zero attached hydrogens (tertiary/aromatic N) is 6. The van der Waals surface area contributed by atoms with Crippen molar-refractivity contribution in [2.45, 2.75) is 25.3 Å². The molecule has 0 bridgehead atoms. The van der Waals surface area contributed by atoms with Crippen LogP contribution in [0.1, 0.15) is 31.1 Å². The second-order valence-electron chi connectivity index (χ2n) is 8.11. The van der Waals surface area contributed by atoms with Crippen LogP contribution in [-0.2, 0) is 18.2 Å². The molecule has 4 aromatic heterocycles. The molecule has 2 aliphatic rings. The molecule has 6 rings (SSSR count). The van der Waals surface area contributed by atoms with E-state index in [0.717, 1.165) is 65.9 Å². The second kappa shape index (κ2) is 7.31. The molecule has 8 nitrogen and oxygen atoms in total. The van der Waals surface area contributed by atoms with Crippen LogP contribution in [0.3, 0.4) is 0 Å². The van der Waals surface area contributed by atoms with E-state index >= 15 is 0 Å². The number of fused-ring (bicyclic) bond motifs is 2. The average Bonchev–Trinajstić information content (AvgIpc) is 3.51. The molecule has 1 fully saturated rings. The van der Waals surface area contributed by atoms with Gasteiger partial charge in [0.1, 0.15) is 0 Å². The van der Waals surface area contributed by atoms with Crippen molar-refractivity contribution in [1.82, 2.24) is 29.4 Å². The summed E-state index contributed by atoms with van der Waals surface area (Å²) in [7, 11) is 1.92. The Morgan fingerprint density at radius 1 is 1.10 bits per heavy atom. The Hall–Kier alpha value is -3.52. The molecule has 4 aromatic rings. The van der Waals surface area contributed by atoms with Gasteiger partial charge in [-0.3, -0.25) is 4.68 Å². The van der Waals surface area contributed by atoms with Crippen LogP contribution in [0.25, 0.3) is 22.2 Å². The number of ether oxygens (including phenoxy) is 1. The van der Waals surface area contributed by atoms with E-state index in [9.17, 15) is 0 Å². The Balaban J connectivity index is 0.00000216. The van der Waals surface area contributed by atoms with Gasteiger partial charge in [-0.25, -0.2) is 14.5 Å². The van der Waals surface area contributed by atoms with Crippen molar-refractivity contribution in [3.8, 4) is 11.1 Å². The monoisotopic (exact) mass is 415 g/mol. The standard InChI is InChI=1S/C23H23N7O.H2/c1-29-14-16(11-25-29)19-13-26-30-7-4-15(10-22(19)30)18-2-3-21-20(18)12-24-23(28-21)27-17-5-8-31-9-6-17;/h2,4,7,10-14,17H,3,5-6,8-9H2,1H3,(H,24,27,28);1H. The fourth-order valence-electron chi connectivity index (χ4n) is 4.40. The summed E-state index contributed by atoms with van der Waals surface area (Å²) < 4.78 is 9.15. The number of aromatic nitrogens is 6. The first-order chi connectivity index (χ1) is 15.2. The number of pyridine rings is 1. The molecule has 0 aromatic carbocycles. The van der Waals surface area contributed by atoms with Crippen molar-refractivity contribution in [3.05, 3.63) is 66.0 Å². The maximum atomic E-state index is 5.44. The van der Waals surface area contributed by atoms with Crippen molar-refractivity contribution in [2.75, 3.05) is 18.5 Å². The Kier molecular flexibility index (Phi) is 4.31. The minimum absolute atomic E-state index is 0. The first-order valence-electron chi connectivity index (χ1n) is 10.6. The summed E-state index contributed by atoms with van der Waals surface area (Å²) >= 11 is 0. The smallest absolute Gasteiger partial charge is 0.223 e. The van der Waals surface area contributed by atoms with Gasteiger partial charge in [0.15, 0.2) is 0 Å². The maximum absolute atomic E-state index is 5.44. The van der Waals surface area contributed by atoms with Crippen molar-refractivity contribution in [3.63, 3.8) is 0 Å². The van der Waals surface area contributed by atoms with Gasteiger partial charge in [-0.1, -0.05) is 6.08 Å². The summed E-state index contributed by atoms with van der Waals surface area (Å²) in [5, 5.41) is 12.3. The van der Waals surface area contributed by atoms with E-state index in [-0.39, 0.29) is 1.43 Å². The number of anilines is 1. The normalized spacial score (nSPS) is 16.5. The maximum Gasteiger partial charge on any atom is 0.223 e. The van der Waals surface area contributed by atoms with Gasteiger partial charge in [0.05, 0.1) is 23.6 Å². The van der Waals surface area contributed by atoms with E-state index in [1.54, 1.807) is 0 Å². The van der Waals surface area contributed by atoms with Crippen molar-refractivity contribution in [1.29, 1.82) is 0 Å². The van der Waals surface area contributed by atoms with Gasteiger partial charge >= 0.3 is 0 Å². The van der Waals surface area contributed by atoms with Gasteiger partial charge in [0, 0.05) is 69.4 Å². The molecule has 8 heteroatoms. The van der Waals surface area contributed by atoms with Gasteiger partial charge in [0.2, 0.25) is 5.95 Å². The molecule has 0 radical (unpaired) electrons. The van der Waals surface area contributed by atoms with Gasteiger partial charge in [-0.2, -0.15) is 10.2 Å². The van der Waals surface area contributed by atoms with Crippen LogP contribution in [0.4, 0.5) is 5.95 Å². The average molecular weight is 416 g/mol. The van der Waals surface area contributed by atoms with Crippen molar-refractivity contribution in [2.24, 2.45) is 7.05 Å². The first-order valence-corrected chi connectivity index (χ1v) is 10.6. The van der Waals surface area contributed by atoms with Crippen LogP contribution in [0, 0.1) is 0 Å². The Morgan fingerprint density at radius 2 is 2.00 bits per heavy atom. The van der Waals surface area contributed by atoms with Crippen LogP contribution < -0.4 is 5.32 Å². The van der Waals surface area contributed by atoms with E-state index in [2.05, 4.69) is 38.7 Å². The zero-order chi connectivity index (χ0) is 20.8. The van der Waals surface area contributed by atoms with Crippen molar-refractivity contribution >= 4 is 17.0 Å². The summed E-state index contributed by atoms with van der Waals surface area (Å²) in [6.45, 7) is 1.60. The molecule has 1 saturated heterocycles. The lowest BCUT2D eigenvalue weighted by Gasteiger charge is -2.23. The molecule has 0 spiro atoms. The molecule has 1 aliphatic heterocycles. The quantitative estimate of drug-likeness (QED) is 0.550. The molecule has 158 valence electrons. The largest absolute Gasteiger partial charge is 0.381 e. The van der Waals surface area contributed by atoms with Crippen LogP contribution in [0.15, 0.2) is 49.2 Å². The third kappa shape index (κ3) is 3.29. The van der Waals surface area contributed by atoms with Crippen LogP contribution in [-0.4, -0.2) is 48.6 Å². The lowest BCUT2D eigenvalue weighted by molar-refractivity contribution is 0.0903. The Bertz CT molecular complexity index is 1300. The van der Waals surface area contributed by atoms with Crippen LogP contribution in [0.2, 0.25) is 0 Å². The highest BCUT2D eigenvalue weighted by Crippen LogP contribution is 2.34. The number of hydrogen-bond acceptors (Lipinski definition) is 6. The number of hydrogen-bond donors (Lipinski definition) is 1. The summed E-state index contributed by atoms with van der Waals surface area (Å²) in [5.41, 5.74) is 7.67. The predicted octanol–water partition coefficient (Wildman–Crippen LogP) is 3.35. The highest BCUT2D eigenvalue weighted by molar-refractivity contribution is 5.88. The Labute approximate surface area is 181 Å². The SMILES string of the molecule is Cn1cc(-c2cnn3ccc(C4=CCc5nc(NC6CCOCC6)ncc54)cc23)cn1.[HH]. The van der Waals surface area contributed by atoms with E-state index in [1.165, 1.54) is 5.57 Å². The predicted molar refractivity (Wildman–Crippen MR) is 120 cm³/mol. The topological polar surface area (TPSA) is 82.2 Å². The van der Waals surface area contributed by atoms with Gasteiger partial charge in [0.25, 0.3) is 0 Å². The summed E-state index contributed by atoms with van der Waals surface area (Å²) in [5.74, 6) is 0.713. The fraction of sp³-hybridized carbons (Fsp3) is 0.304. The number of aryl methyl sites for hydroxylation is 1. The van der Waals surface area contributed by atoms with Gasteiger partial charge < -0.3 is 10.1 Å². The van der Waals surface area contributed by atoms with Crippen LogP contribution in [0.5, 0.6) is 0 Å². The molecule has 1 aliphatic carbocycles. The highest BCUT2D eigenvalue weighted by Gasteiger charge is 2.21. The molecule has 0 amide bonds. The van der Waals surface area contributed by atoms with Crippen molar-refractivity contribution < 1.29 is 6.16 Å². The first kappa shape index (κ1) is 18.3. The number of nitrogens with one attached hydrogen (secondary N) is 1. The molecule has 0 saturated carbocycles. The molecule has 0 unspecified atom stereocenters. The minimum atomic E-state index is 0. The lowest BCUT2D eigenvalue weighted by atomic mass is 10.0. The molecule has 31 heavy (non-hydrogen) atoms. The molecular formula is C23H25N7O.